The Morgan fingerprint density at radius 2 is 0.571 bits per heavy atom. The second-order valence-corrected chi connectivity index (χ2v) is 4.96. The number of benzene rings is 3. The van der Waals surface area contributed by atoms with Crippen LogP contribution in [0.25, 0.3) is 0 Å². The van der Waals surface area contributed by atoms with Crippen LogP contribution < -0.4 is 0 Å². The highest BCUT2D eigenvalue weighted by molar-refractivity contribution is 5.19. The first-order valence-corrected chi connectivity index (χ1v) is 7.23. The van der Waals surface area contributed by atoms with Gasteiger partial charge in [0.1, 0.15) is 0 Å². The summed E-state index contributed by atoms with van der Waals surface area (Å²) >= 11 is 0. The molecule has 0 heteroatoms. The fourth-order valence-electron chi connectivity index (χ4n) is 1.56. The van der Waals surface area contributed by atoms with E-state index < -0.39 is 0 Å². The van der Waals surface area contributed by atoms with Gasteiger partial charge in [-0.1, -0.05) is 108 Å². The third kappa shape index (κ3) is 9.23. The smallest absolute Gasteiger partial charge is 0.0398 e. The molecule has 0 atom stereocenters. The quantitative estimate of drug-likeness (QED) is 0.473. The summed E-state index contributed by atoms with van der Waals surface area (Å²) in [6.45, 7) is 6.28. The Kier molecular flexibility index (Phi) is 8.32. The lowest BCUT2D eigenvalue weighted by Gasteiger charge is -1.90. The molecule has 0 aliphatic rings. The van der Waals surface area contributed by atoms with Gasteiger partial charge in [-0.25, -0.2) is 0 Å². The number of rotatable bonds is 0. The minimum absolute atomic E-state index is 1.32. The van der Waals surface area contributed by atoms with Crippen LogP contribution in [0.4, 0.5) is 0 Å². The van der Waals surface area contributed by atoms with E-state index in [1.54, 1.807) is 0 Å². The Bertz CT molecular complexity index is 518. The molecule has 0 aliphatic heterocycles. The maximum Gasteiger partial charge on any atom is -0.0398 e. The Labute approximate surface area is 129 Å². The molecule has 0 N–H and O–H groups in total. The van der Waals surface area contributed by atoms with Gasteiger partial charge in [-0.3, -0.25) is 0 Å². The molecule has 0 unspecified atom stereocenters. The molecule has 108 valence electrons. The first kappa shape index (κ1) is 16.7. The van der Waals surface area contributed by atoms with Crippen molar-refractivity contribution in [1.29, 1.82) is 0 Å². The van der Waals surface area contributed by atoms with Crippen molar-refractivity contribution in [2.75, 3.05) is 0 Å². The van der Waals surface area contributed by atoms with Crippen molar-refractivity contribution < 1.29 is 0 Å². The van der Waals surface area contributed by atoms with E-state index in [0.717, 1.165) is 0 Å². The molecule has 0 fully saturated rings. The monoisotopic (exact) mass is 276 g/mol. The summed E-state index contributed by atoms with van der Waals surface area (Å²) in [5.41, 5.74) is 3.98. The molecule has 0 heterocycles. The van der Waals surface area contributed by atoms with Gasteiger partial charge in [-0.15, -0.1) is 0 Å². The maximum atomic E-state index is 2.12. The number of hydrogen-bond acceptors (Lipinski definition) is 0. The van der Waals surface area contributed by atoms with Crippen molar-refractivity contribution in [2.24, 2.45) is 0 Å². The second-order valence-electron chi connectivity index (χ2n) is 4.96. The summed E-state index contributed by atoms with van der Waals surface area (Å²) in [4.78, 5) is 0. The average Bonchev–Trinajstić information content (AvgIpc) is 2.54. The molecule has 3 aromatic carbocycles. The molecule has 0 nitrogen and oxygen atoms in total. The minimum atomic E-state index is 1.32. The first-order valence-electron chi connectivity index (χ1n) is 7.23. The first-order chi connectivity index (χ1) is 10.2. The van der Waals surface area contributed by atoms with Gasteiger partial charge in [0.2, 0.25) is 0 Å². The van der Waals surface area contributed by atoms with Crippen LogP contribution in [0.5, 0.6) is 0 Å². The topological polar surface area (TPSA) is 0 Å². The van der Waals surface area contributed by atoms with Crippen molar-refractivity contribution in [3.63, 3.8) is 0 Å². The SMILES string of the molecule is Cc1ccc(C)cc1.Cc1ccccc1.c1ccccc1. The van der Waals surface area contributed by atoms with E-state index in [1.165, 1.54) is 16.7 Å². The normalized spacial score (nSPS) is 8.71. The van der Waals surface area contributed by atoms with Crippen molar-refractivity contribution in [3.8, 4) is 0 Å². The highest BCUT2D eigenvalue weighted by atomic mass is 13.9. The predicted molar refractivity (Wildman–Crippen MR) is 93.5 cm³/mol. The third-order valence-corrected chi connectivity index (χ3v) is 2.83. The van der Waals surface area contributed by atoms with Crippen molar-refractivity contribution in [3.05, 3.63) is 108 Å². The van der Waals surface area contributed by atoms with Gasteiger partial charge in [0, 0.05) is 0 Å². The Morgan fingerprint density at radius 3 is 0.810 bits per heavy atom. The summed E-state index contributed by atoms with van der Waals surface area (Å²) < 4.78 is 0. The predicted octanol–water partition coefficient (Wildman–Crippen LogP) is 5.99. The summed E-state index contributed by atoms with van der Waals surface area (Å²) in [7, 11) is 0. The van der Waals surface area contributed by atoms with Gasteiger partial charge >= 0.3 is 0 Å². The van der Waals surface area contributed by atoms with Crippen LogP contribution in [0.2, 0.25) is 0 Å². The van der Waals surface area contributed by atoms with Crippen LogP contribution in [-0.4, -0.2) is 0 Å². The van der Waals surface area contributed by atoms with Gasteiger partial charge in [0.15, 0.2) is 0 Å². The molecule has 0 aromatic heterocycles. The van der Waals surface area contributed by atoms with Gasteiger partial charge in [-0.2, -0.15) is 0 Å². The lowest BCUT2D eigenvalue weighted by atomic mass is 10.2. The summed E-state index contributed by atoms with van der Waals surface area (Å²) in [5, 5.41) is 0. The lowest BCUT2D eigenvalue weighted by Crippen LogP contribution is -1.70. The Balaban J connectivity index is 0.000000159. The molecule has 0 radical (unpaired) electrons. The van der Waals surface area contributed by atoms with E-state index in [4.69, 9.17) is 0 Å². The molecule has 0 saturated heterocycles. The van der Waals surface area contributed by atoms with Crippen LogP contribution in [0.15, 0.2) is 91.0 Å². The van der Waals surface area contributed by atoms with E-state index in [2.05, 4.69) is 57.2 Å². The largest absolute Gasteiger partial charge is 0.0623 e. The number of hydrogen-bond donors (Lipinski definition) is 0. The Morgan fingerprint density at radius 1 is 0.333 bits per heavy atom. The Hall–Kier alpha value is -2.34. The highest BCUT2D eigenvalue weighted by Crippen LogP contribution is 1.99. The highest BCUT2D eigenvalue weighted by Gasteiger charge is 1.79. The molecule has 0 amide bonds. The third-order valence-electron chi connectivity index (χ3n) is 2.83. The fourth-order valence-corrected chi connectivity index (χ4v) is 1.56. The molecular formula is C21H24. The molecule has 0 bridgehead atoms. The van der Waals surface area contributed by atoms with Crippen LogP contribution in [0.3, 0.4) is 0 Å². The summed E-state index contributed by atoms with van der Waals surface area (Å²) in [5.74, 6) is 0. The van der Waals surface area contributed by atoms with E-state index in [-0.39, 0.29) is 0 Å². The zero-order valence-corrected chi connectivity index (χ0v) is 13.2. The van der Waals surface area contributed by atoms with E-state index in [9.17, 15) is 0 Å². The summed E-state index contributed by atoms with van der Waals surface area (Å²) in [6.07, 6.45) is 0. The minimum Gasteiger partial charge on any atom is -0.0623 e. The van der Waals surface area contributed by atoms with Crippen molar-refractivity contribution >= 4 is 0 Å². The fraction of sp³-hybridized carbons (Fsp3) is 0.143. The molecule has 3 aromatic rings. The lowest BCUT2D eigenvalue weighted by molar-refractivity contribution is 1.40. The standard InChI is InChI=1S/C8H10.C7H8.C6H6/c1-7-3-5-8(2)6-4-7;1-7-5-3-2-4-6-7;1-2-4-6-5-3-1/h3-6H,1-2H3;2-6H,1H3;1-6H. The van der Waals surface area contributed by atoms with Gasteiger partial charge < -0.3 is 0 Å². The van der Waals surface area contributed by atoms with Crippen molar-refractivity contribution in [1.82, 2.24) is 0 Å². The van der Waals surface area contributed by atoms with Crippen LogP contribution in [0, 0.1) is 20.8 Å². The molecule has 0 aliphatic carbocycles. The van der Waals surface area contributed by atoms with E-state index >= 15 is 0 Å². The van der Waals surface area contributed by atoms with Gasteiger partial charge in [-0.05, 0) is 20.8 Å². The maximum absolute atomic E-state index is 2.12. The molecule has 3 rings (SSSR count). The molecule has 21 heavy (non-hydrogen) atoms. The average molecular weight is 276 g/mol. The number of aryl methyl sites for hydroxylation is 3. The van der Waals surface area contributed by atoms with Crippen LogP contribution >= 0.6 is 0 Å². The van der Waals surface area contributed by atoms with E-state index in [1.807, 2.05) is 54.6 Å². The van der Waals surface area contributed by atoms with Crippen LogP contribution in [-0.2, 0) is 0 Å². The molecule has 0 saturated carbocycles. The summed E-state index contributed by atoms with van der Waals surface area (Å²) in [6, 6.07) is 30.7. The van der Waals surface area contributed by atoms with Gasteiger partial charge in [0.25, 0.3) is 0 Å². The molecular weight excluding hydrogens is 252 g/mol. The van der Waals surface area contributed by atoms with Crippen LogP contribution in [0.1, 0.15) is 16.7 Å². The molecule has 0 spiro atoms. The van der Waals surface area contributed by atoms with E-state index in [0.29, 0.717) is 0 Å². The second kappa shape index (κ2) is 10.4. The van der Waals surface area contributed by atoms with Gasteiger partial charge in [0.05, 0.1) is 0 Å². The zero-order valence-electron chi connectivity index (χ0n) is 13.2. The zero-order chi connectivity index (χ0) is 15.3. The van der Waals surface area contributed by atoms with Crippen molar-refractivity contribution in [2.45, 2.75) is 20.8 Å².